The highest BCUT2D eigenvalue weighted by molar-refractivity contribution is 5.89. The summed E-state index contributed by atoms with van der Waals surface area (Å²) in [4.78, 5) is 26.4. The first-order valence-corrected chi connectivity index (χ1v) is 10.7. The van der Waals surface area contributed by atoms with E-state index in [0.29, 0.717) is 24.5 Å². The van der Waals surface area contributed by atoms with Crippen LogP contribution in [0.15, 0.2) is 11.6 Å². The molecule has 7 nitrogen and oxygen atoms in total. The van der Waals surface area contributed by atoms with Crippen molar-refractivity contribution in [1.29, 1.82) is 0 Å². The zero-order chi connectivity index (χ0) is 20.5. The highest BCUT2D eigenvalue weighted by Crippen LogP contribution is 2.27. The number of rotatable bonds is 9. The van der Waals surface area contributed by atoms with Crippen molar-refractivity contribution in [2.45, 2.75) is 71.0 Å². The van der Waals surface area contributed by atoms with Gasteiger partial charge in [0.05, 0.1) is 25.3 Å². The molecule has 1 aliphatic heterocycles. The van der Waals surface area contributed by atoms with Crippen molar-refractivity contribution in [3.05, 3.63) is 11.6 Å². The molecule has 160 valence electrons. The molecule has 0 aromatic rings. The second kappa shape index (κ2) is 11.5. The van der Waals surface area contributed by atoms with Gasteiger partial charge < -0.3 is 20.5 Å². The number of hydrogen-bond donors (Lipinski definition) is 2. The van der Waals surface area contributed by atoms with E-state index >= 15 is 0 Å². The second-order valence-electron chi connectivity index (χ2n) is 7.93. The SMILES string of the molecule is CCCCOC[C@H]1CCCN([C@@H]2C=C(C(=O)OCC)C[C@H](N)[C@H]2NC(C)=O)C1. The smallest absolute Gasteiger partial charge is 0.333 e. The lowest BCUT2D eigenvalue weighted by Crippen LogP contribution is -2.62. The fourth-order valence-corrected chi connectivity index (χ4v) is 4.15. The van der Waals surface area contributed by atoms with Crippen LogP contribution in [0.1, 0.15) is 52.9 Å². The third kappa shape index (κ3) is 6.57. The number of nitrogens with one attached hydrogen (secondary N) is 1. The molecular weight excluding hydrogens is 358 g/mol. The van der Waals surface area contributed by atoms with Gasteiger partial charge in [-0.05, 0) is 45.1 Å². The number of ether oxygens (including phenoxy) is 2. The summed E-state index contributed by atoms with van der Waals surface area (Å²) in [5, 5.41) is 3.01. The van der Waals surface area contributed by atoms with E-state index in [1.165, 1.54) is 6.92 Å². The molecule has 7 heteroatoms. The lowest BCUT2D eigenvalue weighted by Gasteiger charge is -2.44. The molecule has 0 spiro atoms. The van der Waals surface area contributed by atoms with Crippen LogP contribution in [-0.2, 0) is 19.1 Å². The van der Waals surface area contributed by atoms with Crippen LogP contribution < -0.4 is 11.1 Å². The standard InChI is InChI=1S/C21H37N3O4/c1-4-6-10-27-14-16-8-7-9-24(13-16)19-12-17(21(26)28-5-2)11-18(22)20(19)23-15(3)25/h12,16,18-20H,4-11,13-14,22H2,1-3H3,(H,23,25)/t16-,18-,19+,20+/m0/s1. The van der Waals surface area contributed by atoms with E-state index in [2.05, 4.69) is 17.1 Å². The maximum Gasteiger partial charge on any atom is 0.333 e. The summed E-state index contributed by atoms with van der Waals surface area (Å²) < 4.78 is 11.0. The Labute approximate surface area is 169 Å². The van der Waals surface area contributed by atoms with Crippen LogP contribution in [0.5, 0.6) is 0 Å². The fraction of sp³-hybridized carbons (Fsp3) is 0.810. The third-order valence-corrected chi connectivity index (χ3v) is 5.53. The number of carbonyl (C=O) groups is 2. The zero-order valence-corrected chi connectivity index (χ0v) is 17.6. The summed E-state index contributed by atoms with van der Waals surface area (Å²) in [6.45, 7) is 9.18. The topological polar surface area (TPSA) is 93.9 Å². The zero-order valence-electron chi connectivity index (χ0n) is 17.6. The number of hydrogen-bond acceptors (Lipinski definition) is 6. The van der Waals surface area contributed by atoms with Crippen molar-refractivity contribution in [2.75, 3.05) is 32.9 Å². The number of esters is 1. The number of piperidine rings is 1. The monoisotopic (exact) mass is 395 g/mol. The number of nitrogens with zero attached hydrogens (tertiary/aromatic N) is 1. The molecule has 4 atom stereocenters. The van der Waals surface area contributed by atoms with Crippen LogP contribution in [0.25, 0.3) is 0 Å². The Morgan fingerprint density at radius 1 is 1.36 bits per heavy atom. The number of likely N-dealkylation sites (tertiary alicyclic amines) is 1. The van der Waals surface area contributed by atoms with E-state index in [0.717, 1.165) is 52.0 Å². The molecule has 1 amide bonds. The van der Waals surface area contributed by atoms with Gasteiger partial charge in [0.25, 0.3) is 0 Å². The van der Waals surface area contributed by atoms with Gasteiger partial charge in [0.2, 0.25) is 5.91 Å². The third-order valence-electron chi connectivity index (χ3n) is 5.53. The average molecular weight is 396 g/mol. The van der Waals surface area contributed by atoms with E-state index in [-0.39, 0.29) is 30.0 Å². The predicted octanol–water partition coefficient (Wildman–Crippen LogP) is 1.61. The normalized spacial score (nSPS) is 28.5. The molecule has 1 fully saturated rings. The summed E-state index contributed by atoms with van der Waals surface area (Å²) in [6, 6.07) is -0.638. The predicted molar refractivity (Wildman–Crippen MR) is 109 cm³/mol. The Hall–Kier alpha value is -1.44. The summed E-state index contributed by atoms with van der Waals surface area (Å²) in [6.07, 6.45) is 6.81. The lowest BCUT2D eigenvalue weighted by atomic mass is 9.84. The van der Waals surface area contributed by atoms with Crippen LogP contribution in [0, 0.1) is 5.92 Å². The molecule has 0 saturated carbocycles. The van der Waals surface area contributed by atoms with Gasteiger partial charge in [0, 0.05) is 31.7 Å². The highest BCUT2D eigenvalue weighted by Gasteiger charge is 2.38. The summed E-state index contributed by atoms with van der Waals surface area (Å²) in [7, 11) is 0. The molecule has 2 aliphatic rings. The van der Waals surface area contributed by atoms with Crippen molar-refractivity contribution in [3.63, 3.8) is 0 Å². The molecule has 0 radical (unpaired) electrons. The molecule has 0 aromatic carbocycles. The van der Waals surface area contributed by atoms with E-state index in [1.807, 2.05) is 6.08 Å². The van der Waals surface area contributed by atoms with E-state index in [4.69, 9.17) is 15.2 Å². The molecule has 1 aliphatic carbocycles. The first-order valence-electron chi connectivity index (χ1n) is 10.7. The van der Waals surface area contributed by atoms with Crippen LogP contribution in [-0.4, -0.2) is 67.8 Å². The van der Waals surface area contributed by atoms with Crippen molar-refractivity contribution in [1.82, 2.24) is 10.2 Å². The number of carbonyl (C=O) groups excluding carboxylic acids is 2. The lowest BCUT2D eigenvalue weighted by molar-refractivity contribution is -0.138. The Kier molecular flexibility index (Phi) is 9.41. The number of amides is 1. The molecular formula is C21H37N3O4. The van der Waals surface area contributed by atoms with Crippen molar-refractivity contribution in [3.8, 4) is 0 Å². The van der Waals surface area contributed by atoms with Gasteiger partial charge >= 0.3 is 5.97 Å². The van der Waals surface area contributed by atoms with Crippen LogP contribution in [0.3, 0.4) is 0 Å². The molecule has 3 N–H and O–H groups in total. The van der Waals surface area contributed by atoms with Gasteiger partial charge in [0.15, 0.2) is 0 Å². The van der Waals surface area contributed by atoms with Crippen LogP contribution in [0.4, 0.5) is 0 Å². The van der Waals surface area contributed by atoms with Gasteiger partial charge in [-0.1, -0.05) is 19.4 Å². The number of unbranched alkanes of at least 4 members (excludes halogenated alkanes) is 1. The maximum atomic E-state index is 12.3. The maximum absolute atomic E-state index is 12.3. The summed E-state index contributed by atoms with van der Waals surface area (Å²) in [5.41, 5.74) is 7.00. The first-order chi connectivity index (χ1) is 13.5. The molecule has 28 heavy (non-hydrogen) atoms. The summed E-state index contributed by atoms with van der Waals surface area (Å²) in [5.74, 6) is 0.0526. The molecule has 0 unspecified atom stereocenters. The van der Waals surface area contributed by atoms with Gasteiger partial charge in [0.1, 0.15) is 0 Å². The summed E-state index contributed by atoms with van der Waals surface area (Å²) >= 11 is 0. The fourth-order valence-electron chi connectivity index (χ4n) is 4.15. The van der Waals surface area contributed by atoms with Crippen LogP contribution >= 0.6 is 0 Å². The average Bonchev–Trinajstić information content (AvgIpc) is 2.67. The Morgan fingerprint density at radius 3 is 2.82 bits per heavy atom. The second-order valence-corrected chi connectivity index (χ2v) is 7.93. The van der Waals surface area contributed by atoms with Crippen molar-refractivity contribution >= 4 is 11.9 Å². The molecule has 2 rings (SSSR count). The minimum Gasteiger partial charge on any atom is -0.463 e. The largest absolute Gasteiger partial charge is 0.463 e. The Balaban J connectivity index is 2.11. The van der Waals surface area contributed by atoms with Crippen LogP contribution in [0.2, 0.25) is 0 Å². The van der Waals surface area contributed by atoms with Gasteiger partial charge in [-0.3, -0.25) is 9.69 Å². The Bertz CT molecular complexity index is 552. The minimum atomic E-state index is -0.320. The van der Waals surface area contributed by atoms with Gasteiger partial charge in [-0.2, -0.15) is 0 Å². The molecule has 1 saturated heterocycles. The highest BCUT2D eigenvalue weighted by atomic mass is 16.5. The Morgan fingerprint density at radius 2 is 2.14 bits per heavy atom. The van der Waals surface area contributed by atoms with E-state index in [9.17, 15) is 9.59 Å². The quantitative estimate of drug-likeness (QED) is 0.455. The van der Waals surface area contributed by atoms with Gasteiger partial charge in [-0.25, -0.2) is 4.79 Å². The van der Waals surface area contributed by atoms with E-state index < -0.39 is 0 Å². The molecule has 1 heterocycles. The minimum absolute atomic E-state index is 0.102. The van der Waals surface area contributed by atoms with Gasteiger partial charge in [-0.15, -0.1) is 0 Å². The van der Waals surface area contributed by atoms with E-state index in [1.54, 1.807) is 6.92 Å². The molecule has 0 aromatic heterocycles. The van der Waals surface area contributed by atoms with Crippen molar-refractivity contribution < 1.29 is 19.1 Å². The molecule has 0 bridgehead atoms. The van der Waals surface area contributed by atoms with Crippen molar-refractivity contribution in [2.24, 2.45) is 11.7 Å². The number of nitrogens with two attached hydrogens (primary N) is 1. The first kappa shape index (κ1) is 22.8.